The molecule has 2 aromatic rings. The van der Waals surface area contributed by atoms with Crippen LogP contribution in [0.3, 0.4) is 0 Å². The van der Waals surface area contributed by atoms with Crippen LogP contribution in [0.25, 0.3) is 0 Å². The molecule has 0 bridgehead atoms. The lowest BCUT2D eigenvalue weighted by Crippen LogP contribution is -2.39. The highest BCUT2D eigenvalue weighted by Crippen LogP contribution is 2.27. The fourth-order valence-electron chi connectivity index (χ4n) is 2.44. The number of carbonyl (C=O) groups excluding carboxylic acids is 1. The van der Waals surface area contributed by atoms with E-state index in [9.17, 15) is 4.79 Å². The smallest absolute Gasteiger partial charge is 0.319 e. The summed E-state index contributed by atoms with van der Waals surface area (Å²) >= 11 is 5.96. The van der Waals surface area contributed by atoms with Crippen LogP contribution in [0.15, 0.2) is 36.4 Å². The molecule has 2 aromatic carbocycles. The topological polar surface area (TPSA) is 59.6 Å². The minimum Gasteiger partial charge on any atom is -0.495 e. The third-order valence-electron chi connectivity index (χ3n) is 3.67. The average Bonchev–Trinajstić information content (AvgIpc) is 2.54. The van der Waals surface area contributed by atoms with Crippen LogP contribution in [0.2, 0.25) is 5.02 Å². The molecule has 6 heteroatoms. The second kappa shape index (κ2) is 8.62. The number of urea groups is 1. The number of rotatable bonds is 6. The number of hydrogen-bond donors (Lipinski definition) is 2. The number of aryl methyl sites for hydroxylation is 2. The highest BCUT2D eigenvalue weighted by atomic mass is 35.5. The molecular weight excluding hydrogens is 340 g/mol. The fraction of sp³-hybridized carbons (Fsp3) is 0.316. The van der Waals surface area contributed by atoms with Crippen molar-refractivity contribution in [3.05, 3.63) is 52.5 Å². The van der Waals surface area contributed by atoms with E-state index < -0.39 is 0 Å². The van der Waals surface area contributed by atoms with Crippen molar-refractivity contribution in [2.45, 2.75) is 26.8 Å². The van der Waals surface area contributed by atoms with E-state index in [-0.39, 0.29) is 12.1 Å². The number of benzene rings is 2. The number of ether oxygens (including phenoxy) is 2. The Kier molecular flexibility index (Phi) is 6.53. The first-order valence-corrected chi connectivity index (χ1v) is 8.38. The van der Waals surface area contributed by atoms with Gasteiger partial charge in [-0.05, 0) is 50.1 Å². The maximum Gasteiger partial charge on any atom is 0.319 e. The Labute approximate surface area is 153 Å². The summed E-state index contributed by atoms with van der Waals surface area (Å²) in [6.07, 6.45) is 0. The van der Waals surface area contributed by atoms with E-state index in [1.807, 2.05) is 39.0 Å². The fourth-order valence-corrected chi connectivity index (χ4v) is 2.61. The van der Waals surface area contributed by atoms with E-state index in [1.54, 1.807) is 18.2 Å². The van der Waals surface area contributed by atoms with Crippen molar-refractivity contribution >= 4 is 23.3 Å². The van der Waals surface area contributed by atoms with Gasteiger partial charge in [0.1, 0.15) is 18.1 Å². The van der Waals surface area contributed by atoms with Gasteiger partial charge < -0.3 is 20.1 Å². The molecule has 0 heterocycles. The zero-order chi connectivity index (χ0) is 18.4. The standard InChI is InChI=1S/C19H23ClN2O3/c1-12-6-5-7-13(2)18(12)25-11-14(3)21-19(23)22-16-10-15(20)8-9-17(16)24-4/h5-10,14H,11H2,1-4H3,(H2,21,22,23). The molecule has 0 aromatic heterocycles. The van der Waals surface area contributed by atoms with Crippen LogP contribution in [0.5, 0.6) is 11.5 Å². The van der Waals surface area contributed by atoms with Crippen LogP contribution in [0.1, 0.15) is 18.1 Å². The van der Waals surface area contributed by atoms with Gasteiger partial charge in [0.2, 0.25) is 0 Å². The molecule has 1 atom stereocenters. The van der Waals surface area contributed by atoms with Gasteiger partial charge in [0.15, 0.2) is 0 Å². The number of nitrogens with one attached hydrogen (secondary N) is 2. The van der Waals surface area contributed by atoms with Crippen LogP contribution in [0.4, 0.5) is 10.5 Å². The minimum absolute atomic E-state index is 0.177. The van der Waals surface area contributed by atoms with E-state index in [0.717, 1.165) is 16.9 Å². The highest BCUT2D eigenvalue weighted by molar-refractivity contribution is 6.31. The molecule has 0 saturated carbocycles. The predicted octanol–water partition coefficient (Wildman–Crippen LogP) is 4.55. The zero-order valence-corrected chi connectivity index (χ0v) is 15.6. The molecule has 5 nitrogen and oxygen atoms in total. The summed E-state index contributed by atoms with van der Waals surface area (Å²) in [5.41, 5.74) is 2.65. The molecule has 2 amide bonds. The molecule has 134 valence electrons. The molecule has 0 radical (unpaired) electrons. The number of para-hydroxylation sites is 1. The van der Waals surface area contributed by atoms with Gasteiger partial charge in [0.05, 0.1) is 18.8 Å². The molecule has 2 rings (SSSR count). The largest absolute Gasteiger partial charge is 0.495 e. The molecule has 0 aliphatic rings. The van der Waals surface area contributed by atoms with Crippen LogP contribution in [0, 0.1) is 13.8 Å². The first-order chi connectivity index (χ1) is 11.9. The molecule has 2 N–H and O–H groups in total. The third-order valence-corrected chi connectivity index (χ3v) is 3.91. The summed E-state index contributed by atoms with van der Waals surface area (Å²) in [6, 6.07) is 10.5. The normalized spacial score (nSPS) is 11.6. The Morgan fingerprint density at radius 3 is 2.52 bits per heavy atom. The Balaban J connectivity index is 1.91. The van der Waals surface area contributed by atoms with Crippen molar-refractivity contribution in [3.8, 4) is 11.5 Å². The summed E-state index contributed by atoms with van der Waals surface area (Å²) in [7, 11) is 1.54. The average molecular weight is 363 g/mol. The van der Waals surface area contributed by atoms with Gasteiger partial charge >= 0.3 is 6.03 Å². The lowest BCUT2D eigenvalue weighted by molar-refractivity contribution is 0.236. The van der Waals surface area contributed by atoms with Gasteiger partial charge in [0.25, 0.3) is 0 Å². The summed E-state index contributed by atoms with van der Waals surface area (Å²) in [4.78, 5) is 12.2. The summed E-state index contributed by atoms with van der Waals surface area (Å²) in [5, 5.41) is 6.09. The van der Waals surface area contributed by atoms with Crippen molar-refractivity contribution < 1.29 is 14.3 Å². The van der Waals surface area contributed by atoms with Crippen molar-refractivity contribution in [1.29, 1.82) is 0 Å². The van der Waals surface area contributed by atoms with E-state index in [4.69, 9.17) is 21.1 Å². The van der Waals surface area contributed by atoms with Gasteiger partial charge in [-0.25, -0.2) is 4.79 Å². The highest BCUT2D eigenvalue weighted by Gasteiger charge is 2.12. The van der Waals surface area contributed by atoms with E-state index in [1.165, 1.54) is 7.11 Å². The minimum atomic E-state index is -0.349. The zero-order valence-electron chi connectivity index (χ0n) is 14.9. The van der Waals surface area contributed by atoms with Crippen molar-refractivity contribution in [3.63, 3.8) is 0 Å². The number of methoxy groups -OCH3 is 1. The Morgan fingerprint density at radius 1 is 1.20 bits per heavy atom. The summed E-state index contributed by atoms with van der Waals surface area (Å²) in [6.45, 7) is 6.24. The maximum absolute atomic E-state index is 12.2. The lowest BCUT2D eigenvalue weighted by Gasteiger charge is -2.18. The summed E-state index contributed by atoms with van der Waals surface area (Å²) in [5.74, 6) is 1.40. The van der Waals surface area contributed by atoms with Gasteiger partial charge in [-0.2, -0.15) is 0 Å². The molecule has 0 spiro atoms. The first-order valence-electron chi connectivity index (χ1n) is 8.00. The summed E-state index contributed by atoms with van der Waals surface area (Å²) < 4.78 is 11.1. The number of halogens is 1. The van der Waals surface area contributed by atoms with E-state index in [0.29, 0.717) is 23.1 Å². The quantitative estimate of drug-likeness (QED) is 0.792. The lowest BCUT2D eigenvalue weighted by atomic mass is 10.1. The second-order valence-corrected chi connectivity index (χ2v) is 6.31. The van der Waals surface area contributed by atoms with Crippen LogP contribution >= 0.6 is 11.6 Å². The number of hydrogen-bond acceptors (Lipinski definition) is 3. The molecule has 25 heavy (non-hydrogen) atoms. The van der Waals surface area contributed by atoms with Crippen molar-refractivity contribution in [2.24, 2.45) is 0 Å². The van der Waals surface area contributed by atoms with Gasteiger partial charge in [-0.15, -0.1) is 0 Å². The molecule has 0 aliphatic heterocycles. The third kappa shape index (κ3) is 5.29. The van der Waals surface area contributed by atoms with Crippen LogP contribution in [-0.4, -0.2) is 25.8 Å². The predicted molar refractivity (Wildman–Crippen MR) is 101 cm³/mol. The van der Waals surface area contributed by atoms with Crippen LogP contribution < -0.4 is 20.1 Å². The molecule has 0 aliphatic carbocycles. The second-order valence-electron chi connectivity index (χ2n) is 5.88. The Hall–Kier alpha value is -2.40. The Morgan fingerprint density at radius 2 is 1.88 bits per heavy atom. The van der Waals surface area contributed by atoms with Gasteiger partial charge in [-0.1, -0.05) is 29.8 Å². The molecule has 1 unspecified atom stereocenters. The van der Waals surface area contributed by atoms with Crippen molar-refractivity contribution in [2.75, 3.05) is 19.0 Å². The SMILES string of the molecule is COc1ccc(Cl)cc1NC(=O)NC(C)COc1c(C)cccc1C. The van der Waals surface area contributed by atoms with E-state index in [2.05, 4.69) is 10.6 Å². The van der Waals surface area contributed by atoms with Gasteiger partial charge in [0, 0.05) is 5.02 Å². The molecular formula is C19H23ClN2O3. The molecule has 0 saturated heterocycles. The number of anilines is 1. The molecule has 0 fully saturated rings. The number of amides is 2. The monoisotopic (exact) mass is 362 g/mol. The van der Waals surface area contributed by atoms with E-state index >= 15 is 0 Å². The van der Waals surface area contributed by atoms with Gasteiger partial charge in [-0.3, -0.25) is 0 Å². The van der Waals surface area contributed by atoms with Crippen LogP contribution in [-0.2, 0) is 0 Å². The number of carbonyl (C=O) groups is 1. The van der Waals surface area contributed by atoms with Crippen molar-refractivity contribution in [1.82, 2.24) is 5.32 Å². The maximum atomic E-state index is 12.2. The first kappa shape index (κ1) is 18.9. The Bertz CT molecular complexity index is 729.